The molecular formula is C21H21ClN4O. The number of amides is 1. The maximum atomic E-state index is 12.5. The number of aromatic nitrogens is 2. The van der Waals surface area contributed by atoms with Gasteiger partial charge in [-0.05, 0) is 42.7 Å². The van der Waals surface area contributed by atoms with Crippen molar-refractivity contribution in [3.8, 4) is 11.3 Å². The van der Waals surface area contributed by atoms with Crippen LogP contribution >= 0.6 is 11.6 Å². The largest absolute Gasteiger partial charge is 0.353 e. The molecule has 1 atom stereocenters. The van der Waals surface area contributed by atoms with E-state index in [1.54, 1.807) is 0 Å². The van der Waals surface area contributed by atoms with Gasteiger partial charge in [0.25, 0.3) is 5.91 Å². The molecule has 1 aliphatic rings. The molecule has 0 spiro atoms. The van der Waals surface area contributed by atoms with Gasteiger partial charge in [0.1, 0.15) is 0 Å². The quantitative estimate of drug-likeness (QED) is 0.717. The van der Waals surface area contributed by atoms with E-state index in [0.29, 0.717) is 5.02 Å². The lowest BCUT2D eigenvalue weighted by Gasteiger charge is -2.16. The number of benzene rings is 2. The molecule has 1 aliphatic heterocycles. The second-order valence-corrected chi connectivity index (χ2v) is 7.30. The van der Waals surface area contributed by atoms with E-state index in [1.807, 2.05) is 61.5 Å². The van der Waals surface area contributed by atoms with E-state index >= 15 is 0 Å². The first-order valence-corrected chi connectivity index (χ1v) is 9.41. The summed E-state index contributed by atoms with van der Waals surface area (Å²) in [5, 5.41) is 11.4. The molecule has 0 bridgehead atoms. The van der Waals surface area contributed by atoms with Crippen molar-refractivity contribution in [1.82, 2.24) is 15.5 Å². The molecule has 1 saturated heterocycles. The van der Waals surface area contributed by atoms with Crippen LogP contribution in [0.5, 0.6) is 0 Å². The van der Waals surface area contributed by atoms with Gasteiger partial charge in [0.15, 0.2) is 5.82 Å². The molecule has 0 saturated carbocycles. The third-order valence-corrected chi connectivity index (χ3v) is 5.21. The van der Waals surface area contributed by atoms with Crippen LogP contribution in [0.1, 0.15) is 22.3 Å². The minimum absolute atomic E-state index is 0.0103. The summed E-state index contributed by atoms with van der Waals surface area (Å²) >= 11 is 5.95. The van der Waals surface area contributed by atoms with E-state index < -0.39 is 0 Å². The van der Waals surface area contributed by atoms with Crippen LogP contribution in [-0.2, 0) is 0 Å². The zero-order valence-electron chi connectivity index (χ0n) is 15.1. The highest BCUT2D eigenvalue weighted by Crippen LogP contribution is 2.25. The Balaban J connectivity index is 1.40. The molecule has 5 nitrogen and oxygen atoms in total. The van der Waals surface area contributed by atoms with Crippen LogP contribution in [0.3, 0.4) is 0 Å². The van der Waals surface area contributed by atoms with Crippen molar-refractivity contribution in [2.75, 3.05) is 18.0 Å². The number of hydrogen-bond donors (Lipinski definition) is 2. The van der Waals surface area contributed by atoms with Crippen LogP contribution in [0.15, 0.2) is 54.6 Å². The Morgan fingerprint density at radius 1 is 1.22 bits per heavy atom. The molecular weight excluding hydrogens is 360 g/mol. The lowest BCUT2D eigenvalue weighted by Crippen LogP contribution is -2.37. The van der Waals surface area contributed by atoms with Crippen molar-refractivity contribution in [3.63, 3.8) is 0 Å². The minimum Gasteiger partial charge on any atom is -0.353 e. The number of aryl methyl sites for hydroxylation is 1. The number of aromatic amines is 1. The minimum atomic E-state index is -0.0103. The third kappa shape index (κ3) is 3.83. The van der Waals surface area contributed by atoms with Crippen LogP contribution in [0.25, 0.3) is 11.3 Å². The van der Waals surface area contributed by atoms with Crippen LogP contribution in [0, 0.1) is 6.92 Å². The van der Waals surface area contributed by atoms with Gasteiger partial charge in [-0.25, -0.2) is 0 Å². The Bertz CT molecular complexity index is 951. The van der Waals surface area contributed by atoms with Gasteiger partial charge in [0.2, 0.25) is 0 Å². The Hall–Kier alpha value is -2.79. The van der Waals surface area contributed by atoms with Crippen LogP contribution < -0.4 is 10.2 Å². The fourth-order valence-corrected chi connectivity index (χ4v) is 3.55. The number of anilines is 1. The topological polar surface area (TPSA) is 61.0 Å². The van der Waals surface area contributed by atoms with Gasteiger partial charge in [-0.2, -0.15) is 5.10 Å². The van der Waals surface area contributed by atoms with E-state index in [0.717, 1.165) is 47.7 Å². The second-order valence-electron chi connectivity index (χ2n) is 6.87. The first-order chi connectivity index (χ1) is 13.1. The van der Waals surface area contributed by atoms with Crippen molar-refractivity contribution in [2.24, 2.45) is 0 Å². The lowest BCUT2D eigenvalue weighted by atomic mass is 10.1. The summed E-state index contributed by atoms with van der Waals surface area (Å²) in [5.41, 5.74) is 3.72. The Labute approximate surface area is 163 Å². The smallest absolute Gasteiger partial charge is 0.251 e. The van der Waals surface area contributed by atoms with E-state index in [4.69, 9.17) is 11.6 Å². The number of nitrogens with one attached hydrogen (secondary N) is 2. The van der Waals surface area contributed by atoms with Gasteiger partial charge in [0, 0.05) is 35.8 Å². The maximum Gasteiger partial charge on any atom is 0.251 e. The summed E-state index contributed by atoms with van der Waals surface area (Å²) in [6, 6.07) is 17.5. The molecule has 1 aromatic heterocycles. The summed E-state index contributed by atoms with van der Waals surface area (Å²) in [5.74, 6) is 0.886. The van der Waals surface area contributed by atoms with E-state index in [2.05, 4.69) is 20.4 Å². The normalized spacial score (nSPS) is 16.5. The zero-order valence-corrected chi connectivity index (χ0v) is 15.8. The van der Waals surface area contributed by atoms with Gasteiger partial charge in [-0.3, -0.25) is 9.89 Å². The SMILES string of the molecule is Cc1ccccc1C(=O)NC1CCN(c2cc(-c3ccc(Cl)cc3)[nH]n2)C1. The standard InChI is InChI=1S/C21H21ClN4O/c1-14-4-2-3-5-18(14)21(27)23-17-10-11-26(13-17)20-12-19(24-25-20)15-6-8-16(22)9-7-15/h2-9,12,17H,10-11,13H2,1H3,(H,23,27)(H,24,25). The highest BCUT2D eigenvalue weighted by atomic mass is 35.5. The van der Waals surface area contributed by atoms with Gasteiger partial charge in [0.05, 0.1) is 5.69 Å². The average molecular weight is 381 g/mol. The zero-order chi connectivity index (χ0) is 18.8. The van der Waals surface area contributed by atoms with Crippen LogP contribution in [0.2, 0.25) is 5.02 Å². The van der Waals surface area contributed by atoms with E-state index in [-0.39, 0.29) is 11.9 Å². The maximum absolute atomic E-state index is 12.5. The molecule has 2 heterocycles. The highest BCUT2D eigenvalue weighted by Gasteiger charge is 2.26. The first kappa shape index (κ1) is 17.6. The number of H-pyrrole nitrogens is 1. The summed E-state index contributed by atoms with van der Waals surface area (Å²) in [6.45, 7) is 3.57. The van der Waals surface area contributed by atoms with Gasteiger partial charge in [-0.15, -0.1) is 0 Å². The van der Waals surface area contributed by atoms with Gasteiger partial charge < -0.3 is 10.2 Å². The fourth-order valence-electron chi connectivity index (χ4n) is 3.43. The second kappa shape index (κ2) is 7.45. The van der Waals surface area contributed by atoms with Crippen LogP contribution in [-0.4, -0.2) is 35.2 Å². The molecule has 0 radical (unpaired) electrons. The molecule has 0 aliphatic carbocycles. The molecule has 6 heteroatoms. The molecule has 27 heavy (non-hydrogen) atoms. The van der Waals surface area contributed by atoms with Crippen molar-refractivity contribution < 1.29 is 4.79 Å². The Kier molecular flexibility index (Phi) is 4.86. The lowest BCUT2D eigenvalue weighted by molar-refractivity contribution is 0.0940. The predicted octanol–water partition coefficient (Wildman–Crippen LogP) is 4.05. The summed E-state index contributed by atoms with van der Waals surface area (Å²) < 4.78 is 0. The van der Waals surface area contributed by atoms with Crippen molar-refractivity contribution >= 4 is 23.3 Å². The average Bonchev–Trinajstić information content (AvgIpc) is 3.32. The van der Waals surface area contributed by atoms with Crippen molar-refractivity contribution in [3.05, 3.63) is 70.7 Å². The van der Waals surface area contributed by atoms with Gasteiger partial charge >= 0.3 is 0 Å². The molecule has 138 valence electrons. The highest BCUT2D eigenvalue weighted by molar-refractivity contribution is 6.30. The monoisotopic (exact) mass is 380 g/mol. The molecule has 4 rings (SSSR count). The van der Waals surface area contributed by atoms with Crippen molar-refractivity contribution in [2.45, 2.75) is 19.4 Å². The van der Waals surface area contributed by atoms with E-state index in [1.165, 1.54) is 0 Å². The predicted molar refractivity (Wildman–Crippen MR) is 108 cm³/mol. The van der Waals surface area contributed by atoms with E-state index in [9.17, 15) is 4.79 Å². The molecule has 1 fully saturated rings. The number of carbonyl (C=O) groups is 1. The molecule has 3 aromatic rings. The summed E-state index contributed by atoms with van der Waals surface area (Å²) in [4.78, 5) is 14.7. The molecule has 2 N–H and O–H groups in total. The molecule has 1 unspecified atom stereocenters. The number of rotatable bonds is 4. The number of nitrogens with zero attached hydrogens (tertiary/aromatic N) is 2. The number of hydrogen-bond acceptors (Lipinski definition) is 3. The first-order valence-electron chi connectivity index (χ1n) is 9.03. The third-order valence-electron chi connectivity index (χ3n) is 4.96. The summed E-state index contributed by atoms with van der Waals surface area (Å²) in [7, 11) is 0. The van der Waals surface area contributed by atoms with Gasteiger partial charge in [-0.1, -0.05) is 41.9 Å². The molecule has 1 amide bonds. The van der Waals surface area contributed by atoms with Crippen LogP contribution in [0.4, 0.5) is 5.82 Å². The fraction of sp³-hybridized carbons (Fsp3) is 0.238. The Morgan fingerprint density at radius 2 is 2.00 bits per heavy atom. The Morgan fingerprint density at radius 3 is 2.78 bits per heavy atom. The van der Waals surface area contributed by atoms with Crippen molar-refractivity contribution in [1.29, 1.82) is 0 Å². The summed E-state index contributed by atoms with van der Waals surface area (Å²) in [6.07, 6.45) is 0.904. The molecule has 2 aromatic carbocycles. The number of carbonyl (C=O) groups excluding carboxylic acids is 1. The number of halogens is 1.